The molecule has 0 saturated heterocycles. The van der Waals surface area contributed by atoms with Gasteiger partial charge in [0.05, 0.1) is 45.4 Å². The minimum absolute atomic E-state index is 0.131. The maximum atomic E-state index is 13.7. The molecule has 206 valence electrons. The molecule has 3 aromatic carbocycles. The standard InChI is InChI=1S/C31H30N2O7/c1-15-7-21-22(8-16(15)2)33-30(32-21)20-9-17-10-23-24(40-14-39-23)13-19(17)27(28(20)31(34)38-6)18-11-25(35-3)29(37-5)26(12-18)36-4/h7-13,27-28H,14H2,1-6H3,(H,32,33)/t27-,28+/m1/s1. The molecule has 4 aromatic rings. The number of nitrogens with one attached hydrogen (secondary N) is 1. The second-order valence-corrected chi connectivity index (χ2v) is 9.91. The highest BCUT2D eigenvalue weighted by Gasteiger charge is 2.42. The number of ether oxygens (including phenoxy) is 6. The van der Waals surface area contributed by atoms with Crippen LogP contribution in [0.4, 0.5) is 0 Å². The summed E-state index contributed by atoms with van der Waals surface area (Å²) >= 11 is 0. The summed E-state index contributed by atoms with van der Waals surface area (Å²) in [7, 11) is 6.08. The number of methoxy groups -OCH3 is 4. The fourth-order valence-electron chi connectivity index (χ4n) is 5.65. The molecule has 2 atom stereocenters. The lowest BCUT2D eigenvalue weighted by atomic mass is 9.71. The van der Waals surface area contributed by atoms with Gasteiger partial charge in [0.25, 0.3) is 0 Å². The molecule has 6 rings (SSSR count). The van der Waals surface area contributed by atoms with Crippen molar-refractivity contribution in [2.24, 2.45) is 5.92 Å². The first-order chi connectivity index (χ1) is 19.4. The van der Waals surface area contributed by atoms with Crippen molar-refractivity contribution in [3.8, 4) is 28.7 Å². The monoisotopic (exact) mass is 542 g/mol. The van der Waals surface area contributed by atoms with Crippen LogP contribution in [0.3, 0.4) is 0 Å². The molecule has 1 aliphatic carbocycles. The number of aryl methyl sites for hydroxylation is 2. The van der Waals surface area contributed by atoms with Crippen molar-refractivity contribution in [3.63, 3.8) is 0 Å². The van der Waals surface area contributed by atoms with Crippen LogP contribution in [0.15, 0.2) is 36.4 Å². The summed E-state index contributed by atoms with van der Waals surface area (Å²) in [6.45, 7) is 4.25. The van der Waals surface area contributed by atoms with Crippen LogP contribution < -0.4 is 23.7 Å². The quantitative estimate of drug-likeness (QED) is 0.323. The van der Waals surface area contributed by atoms with Crippen LogP contribution >= 0.6 is 0 Å². The number of fused-ring (bicyclic) bond motifs is 3. The summed E-state index contributed by atoms with van der Waals surface area (Å²) in [5.74, 6) is 1.63. The lowest BCUT2D eigenvalue weighted by Gasteiger charge is -2.33. The fraction of sp³-hybridized carbons (Fsp3) is 0.290. The number of aromatic nitrogens is 2. The molecule has 2 heterocycles. The molecule has 40 heavy (non-hydrogen) atoms. The van der Waals surface area contributed by atoms with E-state index in [-0.39, 0.29) is 6.79 Å². The number of aromatic amines is 1. The zero-order chi connectivity index (χ0) is 28.1. The van der Waals surface area contributed by atoms with Crippen LogP contribution in [0.2, 0.25) is 0 Å². The largest absolute Gasteiger partial charge is 0.493 e. The van der Waals surface area contributed by atoms with Crippen LogP contribution in [0.5, 0.6) is 28.7 Å². The van der Waals surface area contributed by atoms with E-state index in [2.05, 4.69) is 24.9 Å². The Kier molecular flexibility index (Phi) is 6.29. The van der Waals surface area contributed by atoms with Gasteiger partial charge < -0.3 is 33.4 Å². The van der Waals surface area contributed by atoms with Crippen LogP contribution in [-0.4, -0.2) is 51.2 Å². The second kappa shape index (κ2) is 9.82. The van der Waals surface area contributed by atoms with E-state index in [1.165, 1.54) is 7.11 Å². The highest BCUT2D eigenvalue weighted by Crippen LogP contribution is 2.52. The van der Waals surface area contributed by atoms with E-state index < -0.39 is 17.8 Å². The van der Waals surface area contributed by atoms with E-state index in [1.54, 1.807) is 21.3 Å². The van der Waals surface area contributed by atoms with Gasteiger partial charge in [-0.15, -0.1) is 0 Å². The maximum Gasteiger partial charge on any atom is 0.314 e. The molecule has 0 spiro atoms. The minimum atomic E-state index is -0.747. The first kappa shape index (κ1) is 25.6. The van der Waals surface area contributed by atoms with E-state index >= 15 is 0 Å². The van der Waals surface area contributed by atoms with E-state index in [9.17, 15) is 4.79 Å². The number of carbonyl (C=O) groups is 1. The maximum absolute atomic E-state index is 13.7. The first-order valence-corrected chi connectivity index (χ1v) is 12.9. The van der Waals surface area contributed by atoms with Gasteiger partial charge in [-0.25, -0.2) is 4.98 Å². The molecule has 9 nitrogen and oxygen atoms in total. The van der Waals surface area contributed by atoms with Gasteiger partial charge in [0, 0.05) is 11.5 Å². The van der Waals surface area contributed by atoms with Gasteiger partial charge in [-0.2, -0.15) is 0 Å². The highest BCUT2D eigenvalue weighted by atomic mass is 16.7. The number of nitrogens with zero attached hydrogens (tertiary/aromatic N) is 1. The third-order valence-corrected chi connectivity index (χ3v) is 7.76. The summed E-state index contributed by atoms with van der Waals surface area (Å²) < 4.78 is 33.7. The average Bonchev–Trinajstić information content (AvgIpc) is 3.60. The predicted octanol–water partition coefficient (Wildman–Crippen LogP) is 5.41. The molecule has 0 amide bonds. The summed E-state index contributed by atoms with van der Waals surface area (Å²) in [5.41, 5.74) is 7.24. The van der Waals surface area contributed by atoms with Crippen molar-refractivity contribution < 1.29 is 33.2 Å². The molecule has 0 bridgehead atoms. The molecule has 0 radical (unpaired) electrons. The first-order valence-electron chi connectivity index (χ1n) is 12.9. The molecule has 0 saturated carbocycles. The van der Waals surface area contributed by atoms with E-state index in [0.717, 1.165) is 38.9 Å². The Hall–Kier alpha value is -4.66. The van der Waals surface area contributed by atoms with Crippen molar-refractivity contribution in [1.29, 1.82) is 0 Å². The van der Waals surface area contributed by atoms with Gasteiger partial charge >= 0.3 is 5.97 Å². The smallest absolute Gasteiger partial charge is 0.314 e. The Balaban J connectivity index is 1.63. The zero-order valence-electron chi connectivity index (χ0n) is 23.2. The summed E-state index contributed by atoms with van der Waals surface area (Å²) in [6.07, 6.45) is 1.98. The van der Waals surface area contributed by atoms with Crippen molar-refractivity contribution in [2.75, 3.05) is 35.2 Å². The summed E-state index contributed by atoms with van der Waals surface area (Å²) in [5, 5.41) is 0. The van der Waals surface area contributed by atoms with Gasteiger partial charge in [0.15, 0.2) is 23.0 Å². The lowest BCUT2D eigenvalue weighted by Crippen LogP contribution is -2.29. The number of esters is 1. The van der Waals surface area contributed by atoms with Crippen LogP contribution in [0, 0.1) is 19.8 Å². The topological polar surface area (TPSA) is 101 Å². The number of imidazole rings is 1. The number of H-pyrrole nitrogens is 1. The highest BCUT2D eigenvalue weighted by molar-refractivity contribution is 5.99. The number of rotatable bonds is 6. The summed E-state index contributed by atoms with van der Waals surface area (Å²) in [4.78, 5) is 22.1. The third-order valence-electron chi connectivity index (χ3n) is 7.76. The average molecular weight is 543 g/mol. The SMILES string of the molecule is COC(=O)[C@H]1C(c2nc3cc(C)c(C)cc3[nH]2)=Cc2cc3c(cc2[C@H]1c1cc(OC)c(OC)c(OC)c1)OCO3. The van der Waals surface area contributed by atoms with Crippen molar-refractivity contribution in [2.45, 2.75) is 19.8 Å². The van der Waals surface area contributed by atoms with E-state index in [0.29, 0.717) is 40.1 Å². The number of hydrogen-bond acceptors (Lipinski definition) is 8. The van der Waals surface area contributed by atoms with Crippen molar-refractivity contribution >= 4 is 28.7 Å². The predicted molar refractivity (Wildman–Crippen MR) is 149 cm³/mol. The number of benzene rings is 3. The third kappa shape index (κ3) is 4.00. The van der Waals surface area contributed by atoms with Gasteiger partial charge in [0.2, 0.25) is 12.5 Å². The van der Waals surface area contributed by atoms with Crippen LogP contribution in [0.25, 0.3) is 22.7 Å². The summed E-state index contributed by atoms with van der Waals surface area (Å²) in [6, 6.07) is 11.7. The Morgan fingerprint density at radius 1 is 0.900 bits per heavy atom. The van der Waals surface area contributed by atoms with E-state index in [4.69, 9.17) is 33.4 Å². The zero-order valence-corrected chi connectivity index (χ0v) is 23.2. The fourth-order valence-corrected chi connectivity index (χ4v) is 5.65. The second-order valence-electron chi connectivity index (χ2n) is 9.91. The molecular weight excluding hydrogens is 512 g/mol. The minimum Gasteiger partial charge on any atom is -0.493 e. The number of carbonyl (C=O) groups excluding carboxylic acids is 1. The molecule has 1 aromatic heterocycles. The molecule has 9 heteroatoms. The Morgan fingerprint density at radius 2 is 1.57 bits per heavy atom. The molecule has 0 fully saturated rings. The normalized spacial score (nSPS) is 17.3. The van der Waals surface area contributed by atoms with Gasteiger partial charge in [0.1, 0.15) is 5.82 Å². The van der Waals surface area contributed by atoms with Crippen molar-refractivity contribution in [3.05, 3.63) is 70.0 Å². The Morgan fingerprint density at radius 3 is 2.23 bits per heavy atom. The molecule has 0 unspecified atom stereocenters. The molecule has 2 aliphatic rings. The molecule has 1 aliphatic heterocycles. The van der Waals surface area contributed by atoms with Gasteiger partial charge in [-0.1, -0.05) is 0 Å². The molecule has 1 N–H and O–H groups in total. The Labute approximate surface area is 231 Å². The lowest BCUT2D eigenvalue weighted by molar-refractivity contribution is -0.143. The molecular formula is C31H30N2O7. The van der Waals surface area contributed by atoms with Gasteiger partial charge in [-0.05, 0) is 84.1 Å². The van der Waals surface area contributed by atoms with Crippen molar-refractivity contribution in [1.82, 2.24) is 9.97 Å². The van der Waals surface area contributed by atoms with E-state index in [1.807, 2.05) is 36.4 Å². The number of hydrogen-bond donors (Lipinski definition) is 1. The van der Waals surface area contributed by atoms with Gasteiger partial charge in [-0.3, -0.25) is 4.79 Å². The van der Waals surface area contributed by atoms with Crippen LogP contribution in [0.1, 0.15) is 39.6 Å². The Bertz CT molecular complexity index is 1620. The van der Waals surface area contributed by atoms with Crippen LogP contribution in [-0.2, 0) is 9.53 Å².